The lowest BCUT2D eigenvalue weighted by Gasteiger charge is -2.28. The van der Waals surface area contributed by atoms with Crippen molar-refractivity contribution in [3.8, 4) is 0 Å². The maximum atomic E-state index is 13.4. The smallest absolute Gasteiger partial charge is 0.127 e. The van der Waals surface area contributed by atoms with Crippen LogP contribution < -0.4 is 5.73 Å². The zero-order chi connectivity index (χ0) is 13.9. The molecule has 1 aromatic carbocycles. The van der Waals surface area contributed by atoms with Crippen LogP contribution in [0, 0.1) is 5.82 Å². The van der Waals surface area contributed by atoms with Crippen LogP contribution in [0.3, 0.4) is 0 Å². The fourth-order valence-corrected chi connectivity index (χ4v) is 2.94. The molecule has 0 amide bonds. The molecule has 0 aliphatic heterocycles. The number of aliphatic hydroxyl groups is 1. The van der Waals surface area contributed by atoms with Gasteiger partial charge in [-0.05, 0) is 31.5 Å². The molecule has 0 aromatic heterocycles. The molecule has 19 heavy (non-hydrogen) atoms. The van der Waals surface area contributed by atoms with Crippen LogP contribution in [0.25, 0.3) is 0 Å². The van der Waals surface area contributed by atoms with E-state index in [1.807, 2.05) is 13.1 Å². The lowest BCUT2D eigenvalue weighted by Crippen LogP contribution is -2.38. The van der Waals surface area contributed by atoms with Gasteiger partial charge in [0.25, 0.3) is 0 Å². The Morgan fingerprint density at radius 3 is 2.68 bits per heavy atom. The van der Waals surface area contributed by atoms with Crippen LogP contribution in [-0.4, -0.2) is 29.2 Å². The molecule has 0 saturated heterocycles. The monoisotopic (exact) mass is 266 g/mol. The van der Waals surface area contributed by atoms with Gasteiger partial charge >= 0.3 is 0 Å². The number of benzene rings is 1. The average molecular weight is 266 g/mol. The predicted octanol–water partition coefficient (Wildman–Crippen LogP) is 2.02. The number of nitrogens with zero attached hydrogens (tertiary/aromatic N) is 1. The van der Waals surface area contributed by atoms with E-state index in [0.29, 0.717) is 18.7 Å². The second kappa shape index (κ2) is 5.99. The molecule has 0 heterocycles. The van der Waals surface area contributed by atoms with E-state index in [1.54, 1.807) is 6.07 Å². The molecule has 0 spiro atoms. The largest absolute Gasteiger partial charge is 0.389 e. The molecule has 1 aromatic rings. The Hall–Kier alpha value is -0.970. The van der Waals surface area contributed by atoms with Gasteiger partial charge in [-0.25, -0.2) is 4.39 Å². The zero-order valence-corrected chi connectivity index (χ0v) is 11.5. The fourth-order valence-electron chi connectivity index (χ4n) is 2.94. The van der Waals surface area contributed by atoms with Gasteiger partial charge < -0.3 is 10.8 Å². The summed E-state index contributed by atoms with van der Waals surface area (Å²) in [6, 6.07) is 5.06. The highest BCUT2D eigenvalue weighted by atomic mass is 19.1. The van der Waals surface area contributed by atoms with Crippen LogP contribution in [0.5, 0.6) is 0 Å². The van der Waals surface area contributed by atoms with Gasteiger partial charge in [-0.15, -0.1) is 0 Å². The van der Waals surface area contributed by atoms with Crippen LogP contribution in [0.15, 0.2) is 18.2 Å². The van der Waals surface area contributed by atoms with E-state index in [2.05, 4.69) is 4.90 Å². The first-order valence-corrected chi connectivity index (χ1v) is 6.91. The van der Waals surface area contributed by atoms with Crippen molar-refractivity contribution < 1.29 is 9.50 Å². The van der Waals surface area contributed by atoms with Gasteiger partial charge in [0.2, 0.25) is 0 Å². The third-order valence-electron chi connectivity index (χ3n) is 3.88. The summed E-state index contributed by atoms with van der Waals surface area (Å²) in [6.45, 7) is 1.59. The van der Waals surface area contributed by atoms with Crippen molar-refractivity contribution in [3.05, 3.63) is 35.1 Å². The molecule has 0 atom stereocenters. The molecule has 1 aliphatic carbocycles. The minimum atomic E-state index is -0.536. The summed E-state index contributed by atoms with van der Waals surface area (Å²) >= 11 is 0. The van der Waals surface area contributed by atoms with Gasteiger partial charge in [-0.2, -0.15) is 0 Å². The van der Waals surface area contributed by atoms with Gasteiger partial charge in [0.05, 0.1) is 5.60 Å². The summed E-state index contributed by atoms with van der Waals surface area (Å²) < 4.78 is 13.4. The molecule has 4 heteroatoms. The lowest BCUT2D eigenvalue weighted by atomic mass is 10.0. The molecule has 0 bridgehead atoms. The first-order valence-electron chi connectivity index (χ1n) is 6.91. The van der Waals surface area contributed by atoms with Crippen LogP contribution >= 0.6 is 0 Å². The average Bonchev–Trinajstić information content (AvgIpc) is 2.78. The molecule has 0 unspecified atom stereocenters. The van der Waals surface area contributed by atoms with E-state index in [-0.39, 0.29) is 12.4 Å². The topological polar surface area (TPSA) is 49.5 Å². The Balaban J connectivity index is 1.96. The van der Waals surface area contributed by atoms with Crippen LogP contribution in [0.4, 0.5) is 4.39 Å². The van der Waals surface area contributed by atoms with Crippen molar-refractivity contribution in [1.82, 2.24) is 4.90 Å². The van der Waals surface area contributed by atoms with E-state index in [1.165, 1.54) is 6.07 Å². The first-order chi connectivity index (χ1) is 9.02. The second-order valence-corrected chi connectivity index (χ2v) is 5.73. The molecule has 106 valence electrons. The van der Waals surface area contributed by atoms with Crippen molar-refractivity contribution in [1.29, 1.82) is 0 Å². The van der Waals surface area contributed by atoms with Gasteiger partial charge in [-0.1, -0.05) is 25.0 Å². The molecule has 0 radical (unpaired) electrons. The quantitative estimate of drug-likeness (QED) is 0.857. The van der Waals surface area contributed by atoms with Crippen molar-refractivity contribution in [2.45, 2.75) is 44.4 Å². The number of rotatable bonds is 5. The molecular formula is C15H23FN2O. The number of nitrogens with two attached hydrogens (primary N) is 1. The van der Waals surface area contributed by atoms with Crippen LogP contribution in [0.1, 0.15) is 36.8 Å². The van der Waals surface area contributed by atoms with Crippen molar-refractivity contribution in [2.24, 2.45) is 5.73 Å². The summed E-state index contributed by atoms with van der Waals surface area (Å²) in [7, 11) is 1.99. The Morgan fingerprint density at radius 1 is 1.37 bits per heavy atom. The predicted molar refractivity (Wildman–Crippen MR) is 74.0 cm³/mol. The Kier molecular flexibility index (Phi) is 4.55. The SMILES string of the molecule is CN(Cc1ccc(F)c(CN)c1)CC1(O)CCCC1. The van der Waals surface area contributed by atoms with Crippen molar-refractivity contribution in [3.63, 3.8) is 0 Å². The van der Waals surface area contributed by atoms with E-state index in [0.717, 1.165) is 31.2 Å². The third-order valence-corrected chi connectivity index (χ3v) is 3.88. The highest BCUT2D eigenvalue weighted by molar-refractivity contribution is 5.25. The molecule has 1 fully saturated rings. The van der Waals surface area contributed by atoms with Gasteiger partial charge in [0.15, 0.2) is 0 Å². The maximum Gasteiger partial charge on any atom is 0.127 e. The number of hydrogen-bond donors (Lipinski definition) is 2. The van der Waals surface area contributed by atoms with E-state index in [4.69, 9.17) is 5.73 Å². The standard InChI is InChI=1S/C15H23FN2O/c1-18(11-15(19)6-2-3-7-15)10-12-4-5-14(16)13(8-12)9-17/h4-5,8,19H,2-3,6-7,9-11,17H2,1H3. The molecule has 3 nitrogen and oxygen atoms in total. The summed E-state index contributed by atoms with van der Waals surface area (Å²) in [6.07, 6.45) is 3.99. The Labute approximate surface area is 114 Å². The van der Waals surface area contributed by atoms with E-state index >= 15 is 0 Å². The van der Waals surface area contributed by atoms with Crippen LogP contribution in [-0.2, 0) is 13.1 Å². The van der Waals surface area contributed by atoms with Crippen molar-refractivity contribution in [2.75, 3.05) is 13.6 Å². The van der Waals surface area contributed by atoms with Crippen LogP contribution in [0.2, 0.25) is 0 Å². The molecule has 1 aliphatic rings. The lowest BCUT2D eigenvalue weighted by molar-refractivity contribution is 0.0145. The maximum absolute atomic E-state index is 13.4. The fraction of sp³-hybridized carbons (Fsp3) is 0.600. The highest BCUT2D eigenvalue weighted by Crippen LogP contribution is 2.30. The summed E-state index contributed by atoms with van der Waals surface area (Å²) in [4.78, 5) is 2.10. The van der Waals surface area contributed by atoms with Gasteiger partial charge in [0, 0.05) is 25.2 Å². The van der Waals surface area contributed by atoms with Crippen molar-refractivity contribution >= 4 is 0 Å². The highest BCUT2D eigenvalue weighted by Gasteiger charge is 2.32. The van der Waals surface area contributed by atoms with E-state index in [9.17, 15) is 9.50 Å². The minimum absolute atomic E-state index is 0.216. The Morgan fingerprint density at radius 2 is 2.05 bits per heavy atom. The zero-order valence-electron chi connectivity index (χ0n) is 11.5. The molecule has 3 N–H and O–H groups in total. The number of halogens is 1. The third kappa shape index (κ3) is 3.75. The Bertz CT molecular complexity index is 430. The first kappa shape index (κ1) is 14.4. The minimum Gasteiger partial charge on any atom is -0.389 e. The molecular weight excluding hydrogens is 243 g/mol. The summed E-state index contributed by atoms with van der Waals surface area (Å²) in [5.41, 5.74) is 6.55. The summed E-state index contributed by atoms with van der Waals surface area (Å²) in [5, 5.41) is 10.4. The number of hydrogen-bond acceptors (Lipinski definition) is 3. The van der Waals surface area contributed by atoms with E-state index < -0.39 is 5.60 Å². The van der Waals surface area contributed by atoms with Gasteiger partial charge in [-0.3, -0.25) is 4.90 Å². The number of likely N-dealkylation sites (N-methyl/N-ethyl adjacent to an activating group) is 1. The molecule has 1 saturated carbocycles. The normalized spacial score (nSPS) is 18.2. The summed E-state index contributed by atoms with van der Waals surface area (Å²) in [5.74, 6) is -0.247. The second-order valence-electron chi connectivity index (χ2n) is 5.73. The van der Waals surface area contributed by atoms with Gasteiger partial charge in [0.1, 0.15) is 5.82 Å². The molecule has 2 rings (SSSR count).